The maximum Gasteiger partial charge on any atom is 0.416 e. The molecule has 4 rings (SSSR count). The number of carbonyl (C=O) groups excluding carboxylic acids is 1. The van der Waals surface area contributed by atoms with Crippen LogP contribution in [-0.2, 0) is 25.7 Å². The molecule has 0 atom stereocenters. The van der Waals surface area contributed by atoms with Crippen LogP contribution in [0.5, 0.6) is 5.75 Å². The monoisotopic (exact) mass is 492 g/mol. The van der Waals surface area contributed by atoms with E-state index in [0.29, 0.717) is 41.4 Å². The predicted octanol–water partition coefficient (Wildman–Crippen LogP) is 3.95. The topological polar surface area (TPSA) is 106 Å². The Morgan fingerprint density at radius 1 is 1.29 bits per heavy atom. The summed E-state index contributed by atoms with van der Waals surface area (Å²) in [6.45, 7) is 0.552. The van der Waals surface area contributed by atoms with Gasteiger partial charge in [-0.15, -0.1) is 0 Å². The summed E-state index contributed by atoms with van der Waals surface area (Å²) in [6, 6.07) is 6.65. The number of alkyl halides is 3. The van der Waals surface area contributed by atoms with Gasteiger partial charge in [-0.1, -0.05) is 0 Å². The number of methoxy groups -OCH3 is 1. The second-order valence-electron chi connectivity index (χ2n) is 7.61. The van der Waals surface area contributed by atoms with E-state index in [4.69, 9.17) is 22.1 Å². The van der Waals surface area contributed by atoms with Gasteiger partial charge in [-0.3, -0.25) is 4.79 Å². The molecule has 3 aromatic rings. The molecule has 34 heavy (non-hydrogen) atoms. The Hall–Kier alpha value is -3.60. The average molecular weight is 493 g/mol. The number of amides is 1. The number of hydrogen-bond acceptors (Lipinski definition) is 7. The molecular weight excluding hydrogens is 473 g/mol. The molecule has 1 aliphatic rings. The van der Waals surface area contributed by atoms with Crippen LogP contribution in [0.3, 0.4) is 0 Å². The molecule has 0 fully saturated rings. The third kappa shape index (κ3) is 4.98. The second kappa shape index (κ2) is 9.34. The van der Waals surface area contributed by atoms with Crippen molar-refractivity contribution in [3.05, 3.63) is 69.9 Å². The van der Waals surface area contributed by atoms with Crippen molar-refractivity contribution >= 4 is 29.0 Å². The molecule has 0 radical (unpaired) electrons. The Morgan fingerprint density at radius 3 is 2.82 bits per heavy atom. The molecule has 0 bridgehead atoms. The lowest BCUT2D eigenvalue weighted by Gasteiger charge is -2.29. The van der Waals surface area contributed by atoms with Crippen LogP contribution in [0, 0.1) is 0 Å². The van der Waals surface area contributed by atoms with Crippen LogP contribution >= 0.6 is 11.6 Å². The number of aromatic nitrogens is 3. The third-order valence-corrected chi connectivity index (χ3v) is 5.48. The smallest absolute Gasteiger partial charge is 0.416 e. The van der Waals surface area contributed by atoms with Gasteiger partial charge < -0.3 is 20.7 Å². The molecule has 3 N–H and O–H groups in total. The molecule has 0 saturated carbocycles. The van der Waals surface area contributed by atoms with E-state index in [1.54, 1.807) is 17.0 Å². The van der Waals surface area contributed by atoms with Gasteiger partial charge in [-0.05, 0) is 47.5 Å². The first-order valence-electron chi connectivity index (χ1n) is 10.2. The minimum atomic E-state index is -4.52. The zero-order valence-electron chi connectivity index (χ0n) is 18.0. The Balaban J connectivity index is 1.59. The zero-order valence-corrected chi connectivity index (χ0v) is 18.7. The highest BCUT2D eigenvalue weighted by Gasteiger charge is 2.31. The van der Waals surface area contributed by atoms with E-state index in [0.717, 1.165) is 12.1 Å². The van der Waals surface area contributed by atoms with Crippen LogP contribution in [0.25, 0.3) is 0 Å². The normalized spacial score (nSPS) is 13.4. The number of fused-ring (bicyclic) bond motifs is 1. The highest BCUT2D eigenvalue weighted by atomic mass is 35.5. The van der Waals surface area contributed by atoms with Gasteiger partial charge in [0.05, 0.1) is 24.9 Å². The lowest BCUT2D eigenvalue weighted by Crippen LogP contribution is -2.37. The summed E-state index contributed by atoms with van der Waals surface area (Å²) in [5, 5.41) is 3.02. The van der Waals surface area contributed by atoms with Crippen molar-refractivity contribution in [3.63, 3.8) is 0 Å². The largest absolute Gasteiger partial charge is 0.494 e. The molecule has 1 aromatic carbocycles. The minimum Gasteiger partial charge on any atom is -0.494 e. The van der Waals surface area contributed by atoms with E-state index >= 15 is 0 Å². The molecule has 178 valence electrons. The number of halogens is 4. The quantitative estimate of drug-likeness (QED) is 0.410. The van der Waals surface area contributed by atoms with E-state index in [2.05, 4.69) is 20.3 Å². The number of ether oxygens (including phenoxy) is 1. The molecule has 1 amide bonds. The van der Waals surface area contributed by atoms with Crippen LogP contribution in [0.15, 0.2) is 36.5 Å². The number of nitrogens with two attached hydrogens (primary N) is 1. The summed E-state index contributed by atoms with van der Waals surface area (Å²) < 4.78 is 44.7. The second-order valence-corrected chi connectivity index (χ2v) is 7.95. The standard InChI is InChI=1S/C22H20ClF3N6O2/c1-34-17-3-2-5-28-18(17)20(33)32-6-4-16-15(11-32)19(31-21(23)30-16)29-10-12-7-13(22(24,25)26)9-14(27)8-12/h2-3,5,7-9H,4,6,10-11,27H2,1H3,(H,29,30,31). The number of carbonyl (C=O) groups is 1. The van der Waals surface area contributed by atoms with Gasteiger partial charge in [-0.25, -0.2) is 15.0 Å². The zero-order chi connectivity index (χ0) is 24.5. The van der Waals surface area contributed by atoms with Crippen molar-refractivity contribution in [1.29, 1.82) is 0 Å². The van der Waals surface area contributed by atoms with Crippen LogP contribution in [0.2, 0.25) is 5.28 Å². The number of hydrogen-bond donors (Lipinski definition) is 2. The fourth-order valence-corrected chi connectivity index (χ4v) is 3.93. The Kier molecular flexibility index (Phi) is 6.47. The lowest BCUT2D eigenvalue weighted by atomic mass is 10.0. The van der Waals surface area contributed by atoms with E-state index in [1.165, 1.54) is 19.4 Å². The third-order valence-electron chi connectivity index (χ3n) is 5.32. The summed E-state index contributed by atoms with van der Waals surface area (Å²) in [5.74, 6) is 0.359. The van der Waals surface area contributed by atoms with Crippen molar-refractivity contribution < 1.29 is 22.7 Å². The summed E-state index contributed by atoms with van der Waals surface area (Å²) in [4.78, 5) is 27.3. The maximum absolute atomic E-state index is 13.1. The molecule has 0 unspecified atom stereocenters. The van der Waals surface area contributed by atoms with Gasteiger partial charge >= 0.3 is 6.18 Å². The van der Waals surface area contributed by atoms with Gasteiger partial charge in [-0.2, -0.15) is 13.2 Å². The molecule has 1 aliphatic heterocycles. The first-order chi connectivity index (χ1) is 16.2. The summed E-state index contributed by atoms with van der Waals surface area (Å²) in [7, 11) is 1.46. The van der Waals surface area contributed by atoms with E-state index in [-0.39, 0.29) is 35.7 Å². The maximum atomic E-state index is 13.1. The summed E-state index contributed by atoms with van der Waals surface area (Å²) in [6.07, 6.45) is -2.59. The van der Waals surface area contributed by atoms with E-state index < -0.39 is 11.7 Å². The van der Waals surface area contributed by atoms with Gasteiger partial charge in [0.25, 0.3) is 5.91 Å². The van der Waals surface area contributed by atoms with Crippen molar-refractivity contribution in [2.24, 2.45) is 0 Å². The molecule has 3 heterocycles. The van der Waals surface area contributed by atoms with Crippen LogP contribution in [0.4, 0.5) is 24.7 Å². The minimum absolute atomic E-state index is 0.00372. The van der Waals surface area contributed by atoms with Crippen molar-refractivity contribution in [1.82, 2.24) is 19.9 Å². The molecule has 12 heteroatoms. The first kappa shape index (κ1) is 23.6. The van der Waals surface area contributed by atoms with Gasteiger partial charge in [0.1, 0.15) is 11.6 Å². The Labute approximate surface area is 197 Å². The molecule has 0 saturated heterocycles. The predicted molar refractivity (Wildman–Crippen MR) is 119 cm³/mol. The van der Waals surface area contributed by atoms with Gasteiger partial charge in [0.2, 0.25) is 5.28 Å². The SMILES string of the molecule is COc1cccnc1C(=O)N1CCc2nc(Cl)nc(NCc3cc(N)cc(C(F)(F)F)c3)c2C1. The highest BCUT2D eigenvalue weighted by molar-refractivity contribution is 6.28. The van der Waals surface area contributed by atoms with E-state index in [1.807, 2.05) is 0 Å². The van der Waals surface area contributed by atoms with Crippen molar-refractivity contribution in [3.8, 4) is 5.75 Å². The molecule has 0 aliphatic carbocycles. The molecule has 0 spiro atoms. The highest BCUT2D eigenvalue weighted by Crippen LogP contribution is 2.32. The number of nitrogen functional groups attached to an aromatic ring is 1. The Bertz CT molecular complexity index is 1240. The Morgan fingerprint density at radius 2 is 2.09 bits per heavy atom. The summed E-state index contributed by atoms with van der Waals surface area (Å²) >= 11 is 6.07. The molecule has 8 nitrogen and oxygen atoms in total. The van der Waals surface area contributed by atoms with Crippen molar-refractivity contribution in [2.45, 2.75) is 25.7 Å². The molecule has 2 aromatic heterocycles. The van der Waals surface area contributed by atoms with Crippen molar-refractivity contribution in [2.75, 3.05) is 24.7 Å². The van der Waals surface area contributed by atoms with Gasteiger partial charge in [0.15, 0.2) is 5.69 Å². The number of benzene rings is 1. The first-order valence-corrected chi connectivity index (χ1v) is 10.6. The lowest BCUT2D eigenvalue weighted by molar-refractivity contribution is -0.137. The summed E-state index contributed by atoms with van der Waals surface area (Å²) in [5.41, 5.74) is 6.59. The number of nitrogens with zero attached hydrogens (tertiary/aromatic N) is 4. The van der Waals surface area contributed by atoms with Crippen LogP contribution < -0.4 is 15.8 Å². The van der Waals surface area contributed by atoms with E-state index in [9.17, 15) is 18.0 Å². The van der Waals surface area contributed by atoms with Crippen LogP contribution in [0.1, 0.15) is 32.9 Å². The number of nitrogens with one attached hydrogen (secondary N) is 1. The van der Waals surface area contributed by atoms with Crippen LogP contribution in [-0.4, -0.2) is 39.4 Å². The van der Waals surface area contributed by atoms with Gasteiger partial charge in [0, 0.05) is 37.0 Å². The average Bonchev–Trinajstić information content (AvgIpc) is 2.80. The molecular formula is C22H20ClF3N6O2. The number of pyridine rings is 1. The number of anilines is 2. The fraction of sp³-hybridized carbons (Fsp3) is 0.273. The number of rotatable bonds is 5. The fourth-order valence-electron chi connectivity index (χ4n) is 3.74.